The van der Waals surface area contributed by atoms with E-state index >= 15 is 0 Å². The van der Waals surface area contributed by atoms with Crippen LogP contribution < -0.4 is 11.1 Å². The zero-order chi connectivity index (χ0) is 27.9. The predicted octanol–water partition coefficient (Wildman–Crippen LogP) is 2.93. The Kier molecular flexibility index (Phi) is 10.2. The number of nitrogens with one attached hydrogen (secondary N) is 1. The molecule has 0 saturated carbocycles. The lowest BCUT2D eigenvalue weighted by molar-refractivity contribution is -0.149. The van der Waals surface area contributed by atoms with E-state index in [2.05, 4.69) is 31.1 Å². The van der Waals surface area contributed by atoms with Crippen molar-refractivity contribution in [3.05, 3.63) is 61.9 Å². The number of hydrogen-bond acceptors (Lipinski definition) is 11. The first-order valence-electron chi connectivity index (χ1n) is 12.7. The van der Waals surface area contributed by atoms with Crippen LogP contribution in [0, 0.1) is 5.82 Å². The largest absolute Gasteiger partial charge is 0.463 e. The normalized spacial score (nSPS) is 20.7. The molecular weight excluding hydrogens is 593 g/mol. The summed E-state index contributed by atoms with van der Waals surface area (Å²) in [6.07, 6.45) is 2.15. The van der Waals surface area contributed by atoms with Gasteiger partial charge in [0.25, 0.3) is 0 Å². The van der Waals surface area contributed by atoms with Crippen molar-refractivity contribution < 1.29 is 28.2 Å². The maximum atomic E-state index is 14.0. The van der Waals surface area contributed by atoms with Gasteiger partial charge in [0.05, 0.1) is 31.4 Å². The van der Waals surface area contributed by atoms with E-state index in [9.17, 15) is 14.0 Å². The molecule has 1 saturated heterocycles. The van der Waals surface area contributed by atoms with Gasteiger partial charge in [0.1, 0.15) is 24.5 Å². The van der Waals surface area contributed by atoms with E-state index in [1.807, 2.05) is 12.3 Å². The number of nitrogens with two attached hydrogens (primary N) is 1. The zero-order valence-electron chi connectivity index (χ0n) is 21.7. The summed E-state index contributed by atoms with van der Waals surface area (Å²) in [4.78, 5) is 36.9. The average molecular weight is 625 g/mol. The van der Waals surface area contributed by atoms with Crippen LogP contribution in [0.2, 0.25) is 0 Å². The highest BCUT2D eigenvalue weighted by Gasteiger charge is 2.36. The second kappa shape index (κ2) is 13.6. The molecule has 2 aromatic rings. The minimum absolute atomic E-state index is 0.0922. The van der Waals surface area contributed by atoms with Crippen molar-refractivity contribution in [2.75, 3.05) is 39.5 Å². The molecular formula is C26H31BrFN5O5S. The summed E-state index contributed by atoms with van der Waals surface area (Å²) in [6.45, 7) is 5.46. The Balaban J connectivity index is 1.72. The maximum absolute atomic E-state index is 14.0. The minimum atomic E-state index is -0.783. The van der Waals surface area contributed by atoms with Gasteiger partial charge in [-0.1, -0.05) is 28.9 Å². The molecule has 1 unspecified atom stereocenters. The molecule has 3 heterocycles. The summed E-state index contributed by atoms with van der Waals surface area (Å²) in [5.74, 6) is -0.934. The number of rotatable bonds is 10. The van der Waals surface area contributed by atoms with Gasteiger partial charge >= 0.3 is 11.9 Å². The van der Waals surface area contributed by atoms with E-state index in [1.54, 1.807) is 19.2 Å². The van der Waals surface area contributed by atoms with Gasteiger partial charge in [-0.15, -0.1) is 11.3 Å². The van der Waals surface area contributed by atoms with Crippen LogP contribution >= 0.6 is 27.3 Å². The highest BCUT2D eigenvalue weighted by Crippen LogP contribution is 2.37. The Labute approximate surface area is 238 Å². The van der Waals surface area contributed by atoms with Gasteiger partial charge in [-0.25, -0.2) is 14.2 Å². The second-order valence-electron chi connectivity index (χ2n) is 8.97. The van der Waals surface area contributed by atoms with Gasteiger partial charge in [0.15, 0.2) is 10.8 Å². The molecule has 2 aliphatic heterocycles. The minimum Gasteiger partial charge on any atom is -0.463 e. The highest BCUT2D eigenvalue weighted by atomic mass is 79.9. The van der Waals surface area contributed by atoms with Crippen LogP contribution in [-0.4, -0.2) is 79.3 Å². The molecule has 0 aliphatic carbocycles. The number of carbonyl (C=O) groups is 2. The van der Waals surface area contributed by atoms with Crippen molar-refractivity contribution in [1.82, 2.24) is 15.2 Å². The number of benzene rings is 1. The quantitative estimate of drug-likeness (QED) is 0.384. The van der Waals surface area contributed by atoms with E-state index in [-0.39, 0.29) is 19.3 Å². The molecule has 3 atom stereocenters. The lowest BCUT2D eigenvalue weighted by Crippen LogP contribution is -2.51. The fourth-order valence-corrected chi connectivity index (χ4v) is 5.43. The molecule has 1 fully saturated rings. The smallest absolute Gasteiger partial charge is 0.338 e. The lowest BCUT2D eigenvalue weighted by atomic mass is 9.95. The van der Waals surface area contributed by atoms with Crippen molar-refractivity contribution in [3.8, 4) is 0 Å². The second-order valence-corrected chi connectivity index (χ2v) is 10.7. The third-order valence-electron chi connectivity index (χ3n) is 6.38. The Bertz CT molecular complexity index is 1240. The molecule has 0 amide bonds. The molecule has 0 radical (unpaired) electrons. The molecule has 2 aliphatic rings. The molecule has 3 N–H and O–H groups in total. The summed E-state index contributed by atoms with van der Waals surface area (Å²) in [5.41, 5.74) is 7.29. The average Bonchev–Trinajstić information content (AvgIpc) is 3.47. The van der Waals surface area contributed by atoms with Crippen LogP contribution in [-0.2, 0) is 23.8 Å². The van der Waals surface area contributed by atoms with Crippen molar-refractivity contribution in [1.29, 1.82) is 0 Å². The molecule has 1 aromatic heterocycles. The Morgan fingerprint density at radius 2 is 2.18 bits per heavy atom. The number of morpholine rings is 1. The number of nitrogens with zero attached hydrogens (tertiary/aromatic N) is 3. The first-order chi connectivity index (χ1) is 18.8. The molecule has 10 nitrogen and oxygen atoms in total. The molecule has 0 bridgehead atoms. The summed E-state index contributed by atoms with van der Waals surface area (Å²) < 4.78 is 31.0. The Morgan fingerprint density at radius 3 is 2.87 bits per heavy atom. The van der Waals surface area contributed by atoms with Crippen LogP contribution in [0.5, 0.6) is 0 Å². The fraction of sp³-hybridized carbons (Fsp3) is 0.462. The van der Waals surface area contributed by atoms with Crippen LogP contribution in [0.25, 0.3) is 0 Å². The van der Waals surface area contributed by atoms with Crippen molar-refractivity contribution in [3.63, 3.8) is 0 Å². The fourth-order valence-electron chi connectivity index (χ4n) is 4.27. The summed E-state index contributed by atoms with van der Waals surface area (Å²) in [6, 6.07) is 2.54. The number of aliphatic imine (C=N–C) groups is 1. The number of esters is 2. The SMILES string of the molecule is CCOC(=O)C1=C(CN2CCOC[C@H]2COC(=O)[C@@H](N)CC)NC(c2nccs2)=NC1c1ccc(F)cc1Br. The number of carbonyl (C=O) groups excluding carboxylic acids is 2. The van der Waals surface area contributed by atoms with Crippen LogP contribution in [0.3, 0.4) is 0 Å². The van der Waals surface area contributed by atoms with Crippen LogP contribution in [0.4, 0.5) is 4.39 Å². The maximum Gasteiger partial charge on any atom is 0.338 e. The number of ether oxygens (including phenoxy) is 3. The summed E-state index contributed by atoms with van der Waals surface area (Å²) in [7, 11) is 0. The highest BCUT2D eigenvalue weighted by molar-refractivity contribution is 9.10. The molecule has 4 rings (SSSR count). The van der Waals surface area contributed by atoms with Crippen LogP contribution in [0.1, 0.15) is 36.9 Å². The van der Waals surface area contributed by atoms with Gasteiger partial charge in [-0.3, -0.25) is 14.7 Å². The van der Waals surface area contributed by atoms with Gasteiger partial charge in [0, 0.05) is 34.8 Å². The molecule has 1 aromatic carbocycles. The summed E-state index contributed by atoms with van der Waals surface area (Å²) >= 11 is 4.84. The summed E-state index contributed by atoms with van der Waals surface area (Å²) in [5, 5.41) is 5.78. The van der Waals surface area contributed by atoms with E-state index in [4.69, 9.17) is 24.9 Å². The van der Waals surface area contributed by atoms with Gasteiger partial charge < -0.3 is 25.3 Å². The van der Waals surface area contributed by atoms with Gasteiger partial charge in [-0.2, -0.15) is 0 Å². The van der Waals surface area contributed by atoms with Crippen molar-refractivity contribution >= 4 is 45.0 Å². The first kappa shape index (κ1) is 29.3. The number of thiazole rings is 1. The molecule has 210 valence electrons. The van der Waals surface area contributed by atoms with E-state index in [0.29, 0.717) is 64.9 Å². The molecule has 13 heteroatoms. The van der Waals surface area contributed by atoms with E-state index in [0.717, 1.165) is 0 Å². The third kappa shape index (κ3) is 7.09. The van der Waals surface area contributed by atoms with Gasteiger partial charge in [0.2, 0.25) is 0 Å². The van der Waals surface area contributed by atoms with Gasteiger partial charge in [-0.05, 0) is 31.0 Å². The monoisotopic (exact) mass is 623 g/mol. The van der Waals surface area contributed by atoms with Crippen molar-refractivity contribution in [2.24, 2.45) is 10.7 Å². The Morgan fingerprint density at radius 1 is 1.36 bits per heavy atom. The Hall–Kier alpha value is -2.71. The number of aromatic nitrogens is 1. The topological polar surface area (TPSA) is 128 Å². The number of hydrogen-bond donors (Lipinski definition) is 2. The molecule has 39 heavy (non-hydrogen) atoms. The zero-order valence-corrected chi connectivity index (χ0v) is 24.1. The number of halogens is 2. The number of amidine groups is 1. The third-order valence-corrected chi connectivity index (χ3v) is 7.85. The standard InChI is InChI=1S/C26H31BrFN5O5S/c1-3-19(29)25(34)38-14-16-13-36-9-8-33(16)12-20-21(26(35)37-4-2)22(17-6-5-15(28)11-18(17)27)32-23(31-20)24-30-7-10-39-24/h5-7,10-11,16,19,22H,3-4,8-9,12-14,29H2,1-2H3,(H,31,32)/t16-,19-,22?/m0/s1. The van der Waals surface area contributed by atoms with E-state index < -0.39 is 29.8 Å². The van der Waals surface area contributed by atoms with Crippen LogP contribution in [0.15, 0.2) is 50.5 Å². The lowest BCUT2D eigenvalue weighted by Gasteiger charge is -2.37. The predicted molar refractivity (Wildman–Crippen MR) is 148 cm³/mol. The van der Waals surface area contributed by atoms with E-state index in [1.165, 1.54) is 23.5 Å². The molecule has 0 spiro atoms. The van der Waals surface area contributed by atoms with Crippen molar-refractivity contribution in [2.45, 2.75) is 38.4 Å². The first-order valence-corrected chi connectivity index (χ1v) is 14.3.